The van der Waals surface area contributed by atoms with Crippen molar-refractivity contribution in [3.05, 3.63) is 91.5 Å². The van der Waals surface area contributed by atoms with Gasteiger partial charge in [0.15, 0.2) is 0 Å². The highest BCUT2D eigenvalue weighted by Gasteiger charge is 2.48. The van der Waals surface area contributed by atoms with Crippen molar-refractivity contribution in [3.8, 4) is 0 Å². The van der Waals surface area contributed by atoms with Gasteiger partial charge in [0.05, 0.1) is 52.7 Å². The molecule has 0 aromatic heterocycles. The summed E-state index contributed by atoms with van der Waals surface area (Å²) in [7, 11) is 1.41. The second-order valence-electron chi connectivity index (χ2n) is 12.5. The predicted molar refractivity (Wildman–Crippen MR) is 170 cm³/mol. The lowest BCUT2D eigenvalue weighted by molar-refractivity contribution is -0.140. The average molecular weight is 581 g/mol. The molecule has 1 saturated carbocycles. The summed E-state index contributed by atoms with van der Waals surface area (Å²) in [6.45, 7) is 13.9. The number of hydrogen-bond donors (Lipinski definition) is 3. The summed E-state index contributed by atoms with van der Waals surface area (Å²) >= 11 is 0. The molecule has 8 nitrogen and oxygen atoms in total. The lowest BCUT2D eigenvalue weighted by Gasteiger charge is -2.19. The number of ether oxygens (including phenoxy) is 1. The molecular weight excluding hydrogens is 540 g/mol. The molecule has 0 aromatic carbocycles. The van der Waals surface area contributed by atoms with Crippen molar-refractivity contribution in [1.82, 2.24) is 5.32 Å². The maximum Gasteiger partial charge on any atom is 0.305 e. The monoisotopic (exact) mass is 580 g/mol. The van der Waals surface area contributed by atoms with Gasteiger partial charge < -0.3 is 20.3 Å². The van der Waals surface area contributed by atoms with Crippen LogP contribution < -0.4 is 5.32 Å². The highest BCUT2D eigenvalue weighted by molar-refractivity contribution is 6.22. The fourth-order valence-corrected chi connectivity index (χ4v) is 7.42. The van der Waals surface area contributed by atoms with Crippen LogP contribution in [0.4, 0.5) is 0 Å². The van der Waals surface area contributed by atoms with Gasteiger partial charge in [0.25, 0.3) is 0 Å². The van der Waals surface area contributed by atoms with Crippen molar-refractivity contribution < 1.29 is 19.7 Å². The van der Waals surface area contributed by atoms with E-state index in [1.165, 1.54) is 7.11 Å². The van der Waals surface area contributed by atoms with Crippen molar-refractivity contribution >= 4 is 23.1 Å². The van der Waals surface area contributed by atoms with Crippen LogP contribution in [0.1, 0.15) is 74.1 Å². The number of methoxy groups -OCH3 is 1. The maximum absolute atomic E-state index is 12.2. The summed E-state index contributed by atoms with van der Waals surface area (Å²) in [5, 5.41) is 26.2. The number of aliphatic hydroxyl groups is 2. The fraction of sp³-hybridized carbons (Fsp3) is 0.429. The third-order valence-corrected chi connectivity index (χ3v) is 9.73. The number of nitrogens with one attached hydrogen (secondary N) is 1. The van der Waals surface area contributed by atoms with Gasteiger partial charge in [-0.2, -0.15) is 0 Å². The van der Waals surface area contributed by atoms with Gasteiger partial charge in [-0.3, -0.25) is 4.79 Å². The number of nitrogens with zero attached hydrogens (tertiary/aromatic N) is 3. The molecule has 3 N–H and O–H groups in total. The zero-order valence-corrected chi connectivity index (χ0v) is 26.3. The number of aliphatic hydroxyl groups excluding tert-OH is 1. The summed E-state index contributed by atoms with van der Waals surface area (Å²) in [6, 6.07) is 0. The fourth-order valence-electron chi connectivity index (χ4n) is 7.42. The molecule has 43 heavy (non-hydrogen) atoms. The summed E-state index contributed by atoms with van der Waals surface area (Å²) in [4.78, 5) is 27.4. The van der Waals surface area contributed by atoms with E-state index in [0.717, 1.165) is 79.8 Å². The van der Waals surface area contributed by atoms with Gasteiger partial charge in [0.1, 0.15) is 0 Å². The van der Waals surface area contributed by atoms with Crippen LogP contribution >= 0.6 is 0 Å². The Labute approximate surface area is 253 Å². The molecular formula is C35H40N4O4. The van der Waals surface area contributed by atoms with Gasteiger partial charge in [-0.15, -0.1) is 0 Å². The molecule has 8 heteroatoms. The smallest absolute Gasteiger partial charge is 0.305 e. The van der Waals surface area contributed by atoms with E-state index >= 15 is 0 Å². The molecule has 224 valence electrons. The van der Waals surface area contributed by atoms with Crippen LogP contribution in [0.15, 0.2) is 106 Å². The first kappa shape index (κ1) is 29.1. The van der Waals surface area contributed by atoms with Crippen LogP contribution in [-0.4, -0.2) is 46.0 Å². The number of fused-ring (bicyclic) bond motifs is 5. The van der Waals surface area contributed by atoms with Crippen LogP contribution in [0.3, 0.4) is 0 Å². The first-order valence-electron chi connectivity index (χ1n) is 15.1. The van der Waals surface area contributed by atoms with E-state index in [4.69, 9.17) is 19.7 Å². The van der Waals surface area contributed by atoms with E-state index in [1.54, 1.807) is 6.92 Å². The number of allylic oxidation sites excluding steroid dienone is 11. The van der Waals surface area contributed by atoms with E-state index in [9.17, 15) is 15.0 Å². The van der Waals surface area contributed by atoms with Gasteiger partial charge >= 0.3 is 5.97 Å². The Hall–Kier alpha value is -4.04. The number of carbonyl (C=O) groups excluding carboxylic acids is 1. The summed E-state index contributed by atoms with van der Waals surface area (Å²) in [5.74, 6) is -0.0108. The van der Waals surface area contributed by atoms with Gasteiger partial charge in [0, 0.05) is 52.8 Å². The molecule has 2 fully saturated rings. The molecule has 5 heterocycles. The molecule has 6 aliphatic rings. The predicted octanol–water partition coefficient (Wildman–Crippen LogP) is 6.38. The first-order valence-corrected chi connectivity index (χ1v) is 15.1. The summed E-state index contributed by atoms with van der Waals surface area (Å²) in [6.07, 6.45) is 8.16. The van der Waals surface area contributed by atoms with E-state index in [2.05, 4.69) is 32.2 Å². The van der Waals surface area contributed by atoms with E-state index in [0.29, 0.717) is 24.1 Å². The van der Waals surface area contributed by atoms with Crippen molar-refractivity contribution in [3.63, 3.8) is 0 Å². The SMILES string of the molecule is CCC1=C(C)C2=CC3=NC(=C(C)/C3=C(/C)O)C=C3NC(=C4C[C@@](C)(O)C5=C(C)C(=CC1=N2)N=C45)[C@@H](CCC(=O)OC)[C@@H]3C. The summed E-state index contributed by atoms with van der Waals surface area (Å²) in [5.41, 5.74) is 12.2. The Balaban J connectivity index is 1.63. The highest BCUT2D eigenvalue weighted by Crippen LogP contribution is 2.49. The minimum absolute atomic E-state index is 0.0117. The van der Waals surface area contributed by atoms with Gasteiger partial charge in [-0.05, 0) is 88.0 Å². The Morgan fingerprint density at radius 1 is 1.07 bits per heavy atom. The van der Waals surface area contributed by atoms with Gasteiger partial charge in [-0.1, -0.05) is 13.8 Å². The van der Waals surface area contributed by atoms with Gasteiger partial charge in [-0.25, -0.2) is 15.0 Å². The molecule has 0 amide bonds. The number of esters is 1. The second-order valence-corrected chi connectivity index (χ2v) is 12.5. The van der Waals surface area contributed by atoms with Crippen LogP contribution in [0.25, 0.3) is 0 Å². The zero-order valence-electron chi connectivity index (χ0n) is 26.3. The largest absolute Gasteiger partial charge is 0.512 e. The summed E-state index contributed by atoms with van der Waals surface area (Å²) < 4.78 is 4.98. The minimum atomic E-state index is -1.08. The molecule has 1 aliphatic carbocycles. The van der Waals surface area contributed by atoms with E-state index < -0.39 is 5.60 Å². The Morgan fingerprint density at radius 3 is 2.44 bits per heavy atom. The molecule has 0 radical (unpaired) electrons. The third-order valence-electron chi connectivity index (χ3n) is 9.73. The van der Waals surface area contributed by atoms with Crippen LogP contribution in [0, 0.1) is 11.8 Å². The molecule has 6 rings (SSSR count). The maximum atomic E-state index is 12.2. The lowest BCUT2D eigenvalue weighted by atomic mass is 9.86. The number of rotatable bonds is 4. The normalized spacial score (nSPS) is 29.0. The van der Waals surface area contributed by atoms with Crippen molar-refractivity contribution in [2.75, 3.05) is 7.11 Å². The average Bonchev–Trinajstić information content (AvgIpc) is 3.68. The number of hydrogen-bond acceptors (Lipinski definition) is 8. The zero-order chi connectivity index (χ0) is 31.0. The quantitative estimate of drug-likeness (QED) is 0.264. The Bertz CT molecular complexity index is 1720. The Morgan fingerprint density at radius 2 is 1.77 bits per heavy atom. The van der Waals surface area contributed by atoms with E-state index in [-0.39, 0.29) is 30.0 Å². The molecule has 0 spiro atoms. The molecule has 8 bridgehead atoms. The molecule has 3 atom stereocenters. The lowest BCUT2D eigenvalue weighted by Crippen LogP contribution is -2.23. The van der Waals surface area contributed by atoms with Crippen LogP contribution in [0.2, 0.25) is 0 Å². The molecule has 0 aromatic rings. The van der Waals surface area contributed by atoms with Crippen LogP contribution in [0.5, 0.6) is 0 Å². The van der Waals surface area contributed by atoms with Crippen molar-refractivity contribution in [1.29, 1.82) is 0 Å². The van der Waals surface area contributed by atoms with Crippen LogP contribution in [-0.2, 0) is 9.53 Å². The standard InChI is InChI=1S/C35H40N4O4/c1-9-21-16(2)24-14-29-31(20(6)40)18(4)26(37-29)12-25-17(3)22(10-11-30(41)43-8)33(38-25)23-15-35(7,42)32-19(5)27(39-34(23)32)13-28(21)36-24/h12-14,17,22,38,40,42H,9-11,15H2,1-8H3/b24-14?,25-12?,27-13?,31-20+,33-23?/t17-,22-,35+/m0/s1. The number of carbonyl (C=O) groups is 1. The molecule has 0 unspecified atom stereocenters. The number of aliphatic imine (C=N–C) groups is 3. The van der Waals surface area contributed by atoms with Crippen molar-refractivity contribution in [2.45, 2.75) is 79.8 Å². The molecule has 5 aliphatic heterocycles. The first-order chi connectivity index (χ1) is 20.4. The van der Waals surface area contributed by atoms with Crippen molar-refractivity contribution in [2.24, 2.45) is 26.8 Å². The van der Waals surface area contributed by atoms with E-state index in [1.807, 2.05) is 32.9 Å². The van der Waals surface area contributed by atoms with Gasteiger partial charge in [0.2, 0.25) is 0 Å². The minimum Gasteiger partial charge on any atom is -0.512 e. The highest BCUT2D eigenvalue weighted by atomic mass is 16.5. The Kier molecular flexibility index (Phi) is 6.96. The second kappa shape index (κ2) is 10.3. The third kappa shape index (κ3) is 4.54. The molecule has 1 saturated heterocycles. The topological polar surface area (TPSA) is 116 Å².